The number of hydrogen-bond donors (Lipinski definition) is 1. The number of nitrogens with one attached hydrogen (secondary N) is 1. The van der Waals surface area contributed by atoms with Gasteiger partial charge >= 0.3 is 0 Å². The molecule has 1 amide bonds. The average molecular weight is 312 g/mol. The highest BCUT2D eigenvalue weighted by Gasteiger charge is 2.27. The van der Waals surface area contributed by atoms with Crippen molar-refractivity contribution in [3.8, 4) is 10.6 Å². The van der Waals surface area contributed by atoms with Crippen LogP contribution in [0.1, 0.15) is 30.3 Å². The summed E-state index contributed by atoms with van der Waals surface area (Å²) in [6, 6.07) is 4.25. The van der Waals surface area contributed by atoms with Gasteiger partial charge in [-0.1, -0.05) is 0 Å². The Morgan fingerprint density at radius 3 is 3.18 bits per heavy atom. The summed E-state index contributed by atoms with van der Waals surface area (Å²) >= 11 is 1.51. The molecule has 1 atom stereocenters. The Balaban J connectivity index is 1.69. The minimum absolute atomic E-state index is 0.0480. The van der Waals surface area contributed by atoms with E-state index in [1.165, 1.54) is 11.3 Å². The Morgan fingerprint density at radius 2 is 2.36 bits per heavy atom. The molecular weight excluding hydrogens is 296 g/mol. The molecule has 112 valence electrons. The van der Waals surface area contributed by atoms with E-state index >= 15 is 0 Å². The highest BCUT2D eigenvalue weighted by atomic mass is 32.1. The maximum Gasteiger partial charge on any atom is 0.273 e. The molecule has 1 saturated heterocycles. The molecule has 22 heavy (non-hydrogen) atoms. The zero-order valence-electron chi connectivity index (χ0n) is 12.2. The van der Waals surface area contributed by atoms with E-state index in [0.29, 0.717) is 11.7 Å². The van der Waals surface area contributed by atoms with Gasteiger partial charge in [0.05, 0.1) is 0 Å². The molecule has 1 aliphatic heterocycles. The topological polar surface area (TPSA) is 61.9 Å². The van der Waals surface area contributed by atoms with E-state index in [0.717, 1.165) is 41.0 Å². The number of nitrogens with zero attached hydrogens (tertiary/aromatic N) is 3. The van der Waals surface area contributed by atoms with Crippen LogP contribution in [-0.2, 0) is 0 Å². The maximum atomic E-state index is 12.6. The van der Waals surface area contributed by atoms with E-state index in [9.17, 15) is 4.79 Å². The summed E-state index contributed by atoms with van der Waals surface area (Å²) in [4.78, 5) is 26.5. The fourth-order valence-electron chi connectivity index (χ4n) is 3.03. The molecule has 0 bridgehead atoms. The number of H-pyrrole nitrogens is 1. The van der Waals surface area contributed by atoms with Crippen LogP contribution >= 0.6 is 11.3 Å². The number of rotatable bonds is 2. The number of thiazole rings is 1. The third-order valence-electron chi connectivity index (χ3n) is 4.23. The third-order valence-corrected chi connectivity index (χ3v) is 5.10. The van der Waals surface area contributed by atoms with E-state index in [-0.39, 0.29) is 5.91 Å². The standard InChI is InChI=1S/C16H16N4OS/c1-10-3-2-8-20(10)16(21)13-9-22-15(19-13)12-5-7-18-14-11(12)4-6-17-14/h4-7,9-10H,2-3,8H2,1H3,(H,17,18). The maximum absolute atomic E-state index is 12.6. The number of aromatic nitrogens is 3. The van der Waals surface area contributed by atoms with Crippen LogP contribution in [0.3, 0.4) is 0 Å². The zero-order chi connectivity index (χ0) is 15.1. The second-order valence-electron chi connectivity index (χ2n) is 5.63. The predicted molar refractivity (Wildman–Crippen MR) is 86.9 cm³/mol. The molecule has 1 N–H and O–H groups in total. The van der Waals surface area contributed by atoms with Gasteiger partial charge in [-0.15, -0.1) is 11.3 Å². The lowest BCUT2D eigenvalue weighted by atomic mass is 10.2. The first-order chi connectivity index (χ1) is 10.7. The monoisotopic (exact) mass is 312 g/mol. The third kappa shape index (κ3) is 2.11. The van der Waals surface area contributed by atoms with Crippen LogP contribution in [0.5, 0.6) is 0 Å². The van der Waals surface area contributed by atoms with Crippen molar-refractivity contribution in [2.24, 2.45) is 0 Å². The first-order valence-electron chi connectivity index (χ1n) is 7.43. The molecule has 5 nitrogen and oxygen atoms in total. The number of carbonyl (C=O) groups excluding carboxylic acids is 1. The van der Waals surface area contributed by atoms with Crippen LogP contribution in [0.25, 0.3) is 21.6 Å². The number of amides is 1. The molecule has 1 aliphatic rings. The normalized spacial score (nSPS) is 18.2. The lowest BCUT2D eigenvalue weighted by Crippen LogP contribution is -2.33. The molecule has 0 aliphatic carbocycles. The van der Waals surface area contributed by atoms with Crippen molar-refractivity contribution in [2.75, 3.05) is 6.54 Å². The second-order valence-corrected chi connectivity index (χ2v) is 6.48. The molecule has 0 aromatic carbocycles. The van der Waals surface area contributed by atoms with Crippen molar-refractivity contribution in [2.45, 2.75) is 25.8 Å². The fraction of sp³-hybridized carbons (Fsp3) is 0.312. The van der Waals surface area contributed by atoms with Crippen LogP contribution in [0.4, 0.5) is 0 Å². The Kier molecular flexibility index (Phi) is 3.18. The SMILES string of the molecule is CC1CCCN1C(=O)c1csc(-c2ccnc3[nH]ccc23)n1. The number of hydrogen-bond acceptors (Lipinski definition) is 4. The van der Waals surface area contributed by atoms with E-state index in [2.05, 4.69) is 21.9 Å². The van der Waals surface area contributed by atoms with Gasteiger partial charge in [0.15, 0.2) is 0 Å². The molecule has 4 rings (SSSR count). The predicted octanol–water partition coefficient (Wildman–Crippen LogP) is 3.31. The molecule has 0 radical (unpaired) electrons. The van der Waals surface area contributed by atoms with Gasteiger partial charge in [-0.05, 0) is 31.9 Å². The van der Waals surface area contributed by atoms with Gasteiger partial charge in [-0.25, -0.2) is 9.97 Å². The van der Waals surface area contributed by atoms with E-state index in [1.54, 1.807) is 6.20 Å². The largest absolute Gasteiger partial charge is 0.346 e. The lowest BCUT2D eigenvalue weighted by molar-refractivity contribution is 0.0742. The van der Waals surface area contributed by atoms with E-state index in [1.807, 2.05) is 28.6 Å². The lowest BCUT2D eigenvalue weighted by Gasteiger charge is -2.19. The second kappa shape index (κ2) is 5.21. The number of aromatic amines is 1. The van der Waals surface area contributed by atoms with Gasteiger partial charge < -0.3 is 9.88 Å². The number of carbonyl (C=O) groups is 1. The molecule has 1 unspecified atom stereocenters. The minimum Gasteiger partial charge on any atom is -0.346 e. The van der Waals surface area contributed by atoms with Gasteiger partial charge in [0.1, 0.15) is 16.3 Å². The van der Waals surface area contributed by atoms with Gasteiger partial charge in [-0.2, -0.15) is 0 Å². The highest BCUT2D eigenvalue weighted by Crippen LogP contribution is 2.30. The van der Waals surface area contributed by atoms with E-state index < -0.39 is 0 Å². The summed E-state index contributed by atoms with van der Waals surface area (Å²) in [5.41, 5.74) is 2.41. The molecule has 6 heteroatoms. The van der Waals surface area contributed by atoms with Crippen LogP contribution in [0.15, 0.2) is 29.9 Å². The van der Waals surface area contributed by atoms with Crippen molar-refractivity contribution in [3.05, 3.63) is 35.6 Å². The Labute approximate surface area is 132 Å². The minimum atomic E-state index is 0.0480. The molecular formula is C16H16N4OS. The van der Waals surface area contributed by atoms with Crippen LogP contribution in [-0.4, -0.2) is 38.3 Å². The van der Waals surface area contributed by atoms with Crippen LogP contribution in [0, 0.1) is 0 Å². The number of fused-ring (bicyclic) bond motifs is 1. The average Bonchev–Trinajstić information content (AvgIpc) is 3.26. The van der Waals surface area contributed by atoms with E-state index in [4.69, 9.17) is 0 Å². The van der Waals surface area contributed by atoms with Gasteiger partial charge in [0, 0.05) is 41.3 Å². The summed E-state index contributed by atoms with van der Waals surface area (Å²) in [5.74, 6) is 0.0480. The molecule has 3 aromatic rings. The molecule has 1 fully saturated rings. The summed E-state index contributed by atoms with van der Waals surface area (Å²) in [7, 11) is 0. The molecule has 0 spiro atoms. The quantitative estimate of drug-likeness (QED) is 0.789. The zero-order valence-corrected chi connectivity index (χ0v) is 13.1. The summed E-state index contributed by atoms with van der Waals surface area (Å²) in [6.07, 6.45) is 5.79. The van der Waals surface area contributed by atoms with Gasteiger partial charge in [0.2, 0.25) is 0 Å². The highest BCUT2D eigenvalue weighted by molar-refractivity contribution is 7.13. The van der Waals surface area contributed by atoms with Crippen molar-refractivity contribution < 1.29 is 4.79 Å². The smallest absolute Gasteiger partial charge is 0.273 e. The number of likely N-dealkylation sites (tertiary alicyclic amines) is 1. The Bertz CT molecular complexity index is 837. The first kappa shape index (κ1) is 13.5. The van der Waals surface area contributed by atoms with Gasteiger partial charge in [-0.3, -0.25) is 4.79 Å². The van der Waals surface area contributed by atoms with Crippen molar-refractivity contribution in [3.63, 3.8) is 0 Å². The van der Waals surface area contributed by atoms with Gasteiger partial charge in [0.25, 0.3) is 5.91 Å². The number of pyridine rings is 1. The summed E-state index contributed by atoms with van der Waals surface area (Å²) < 4.78 is 0. The van der Waals surface area contributed by atoms with Crippen molar-refractivity contribution in [1.82, 2.24) is 19.9 Å². The van der Waals surface area contributed by atoms with Crippen LogP contribution in [0.2, 0.25) is 0 Å². The molecule has 0 saturated carbocycles. The Hall–Kier alpha value is -2.21. The first-order valence-corrected chi connectivity index (χ1v) is 8.31. The fourth-order valence-corrected chi connectivity index (χ4v) is 3.86. The Morgan fingerprint density at radius 1 is 1.45 bits per heavy atom. The molecule has 4 heterocycles. The summed E-state index contributed by atoms with van der Waals surface area (Å²) in [6.45, 7) is 2.94. The van der Waals surface area contributed by atoms with Crippen molar-refractivity contribution in [1.29, 1.82) is 0 Å². The molecule has 3 aromatic heterocycles. The summed E-state index contributed by atoms with van der Waals surface area (Å²) in [5, 5.41) is 3.76. The van der Waals surface area contributed by atoms with Crippen LogP contribution < -0.4 is 0 Å². The van der Waals surface area contributed by atoms with Crippen molar-refractivity contribution >= 4 is 28.3 Å².